The Morgan fingerprint density at radius 1 is 1.22 bits per heavy atom. The molecule has 3 rings (SSSR count). The molecule has 23 heavy (non-hydrogen) atoms. The maximum absolute atomic E-state index is 12.5. The van der Waals surface area contributed by atoms with Crippen LogP contribution in [-0.4, -0.2) is 18.4 Å². The van der Waals surface area contributed by atoms with Gasteiger partial charge in [-0.05, 0) is 42.8 Å². The second kappa shape index (κ2) is 6.72. The molecule has 1 aliphatic heterocycles. The lowest BCUT2D eigenvalue weighted by Gasteiger charge is -2.17. The molecule has 0 aliphatic carbocycles. The van der Waals surface area contributed by atoms with Gasteiger partial charge in [0.15, 0.2) is 0 Å². The number of hydrogen-bond donors (Lipinski definition) is 1. The molecule has 1 saturated heterocycles. The Morgan fingerprint density at radius 3 is 2.74 bits per heavy atom. The number of carbonyl (C=O) groups is 2. The SMILES string of the molecule is O=C(Nc1cccc(Cl)c1)C1CCN(c2cccc(Br)c2)C1=O. The summed E-state index contributed by atoms with van der Waals surface area (Å²) in [7, 11) is 0. The minimum absolute atomic E-state index is 0.178. The fraction of sp³-hybridized carbons (Fsp3) is 0.176. The average molecular weight is 394 g/mol. The minimum atomic E-state index is -0.673. The van der Waals surface area contributed by atoms with Crippen LogP contribution in [0.15, 0.2) is 53.0 Å². The van der Waals surface area contributed by atoms with Crippen molar-refractivity contribution < 1.29 is 9.59 Å². The molecule has 0 bridgehead atoms. The molecule has 1 N–H and O–H groups in total. The maximum Gasteiger partial charge on any atom is 0.239 e. The molecule has 118 valence electrons. The lowest BCUT2D eigenvalue weighted by molar-refractivity contribution is -0.129. The van der Waals surface area contributed by atoms with Crippen LogP contribution in [0.1, 0.15) is 6.42 Å². The number of carbonyl (C=O) groups excluding carboxylic acids is 2. The Balaban J connectivity index is 1.72. The van der Waals surface area contributed by atoms with E-state index < -0.39 is 5.92 Å². The van der Waals surface area contributed by atoms with Crippen molar-refractivity contribution in [3.05, 3.63) is 58.0 Å². The van der Waals surface area contributed by atoms with E-state index in [1.807, 2.05) is 24.3 Å². The fourth-order valence-electron chi connectivity index (χ4n) is 2.62. The van der Waals surface area contributed by atoms with Crippen LogP contribution >= 0.6 is 27.5 Å². The summed E-state index contributed by atoms with van der Waals surface area (Å²) >= 11 is 9.30. The number of benzene rings is 2. The van der Waals surface area contributed by atoms with Crippen LogP contribution in [0.4, 0.5) is 11.4 Å². The van der Waals surface area contributed by atoms with E-state index in [1.54, 1.807) is 29.2 Å². The van der Waals surface area contributed by atoms with Crippen molar-refractivity contribution >= 4 is 50.7 Å². The highest BCUT2D eigenvalue weighted by atomic mass is 79.9. The lowest BCUT2D eigenvalue weighted by atomic mass is 10.1. The van der Waals surface area contributed by atoms with Gasteiger partial charge in [0, 0.05) is 27.4 Å². The fourth-order valence-corrected chi connectivity index (χ4v) is 3.20. The number of anilines is 2. The Hall–Kier alpha value is -1.85. The van der Waals surface area contributed by atoms with E-state index in [4.69, 9.17) is 11.6 Å². The molecule has 6 heteroatoms. The predicted octanol–water partition coefficient (Wildman–Crippen LogP) is 4.09. The number of nitrogens with one attached hydrogen (secondary N) is 1. The first-order valence-electron chi connectivity index (χ1n) is 7.18. The average Bonchev–Trinajstić information content (AvgIpc) is 2.89. The molecule has 0 radical (unpaired) electrons. The third-order valence-electron chi connectivity index (χ3n) is 3.73. The first-order valence-corrected chi connectivity index (χ1v) is 8.35. The highest BCUT2D eigenvalue weighted by molar-refractivity contribution is 9.10. The lowest BCUT2D eigenvalue weighted by Crippen LogP contribution is -2.33. The van der Waals surface area contributed by atoms with Gasteiger partial charge in [0.25, 0.3) is 0 Å². The van der Waals surface area contributed by atoms with Gasteiger partial charge < -0.3 is 10.2 Å². The minimum Gasteiger partial charge on any atom is -0.325 e. The van der Waals surface area contributed by atoms with Gasteiger partial charge in [-0.3, -0.25) is 9.59 Å². The van der Waals surface area contributed by atoms with Crippen molar-refractivity contribution in [1.82, 2.24) is 0 Å². The molecule has 0 aromatic heterocycles. The number of amides is 2. The highest BCUT2D eigenvalue weighted by Gasteiger charge is 2.37. The quantitative estimate of drug-likeness (QED) is 0.798. The van der Waals surface area contributed by atoms with Crippen LogP contribution in [0.3, 0.4) is 0 Å². The van der Waals surface area contributed by atoms with E-state index in [-0.39, 0.29) is 11.8 Å². The summed E-state index contributed by atoms with van der Waals surface area (Å²) in [5.74, 6) is -1.15. The smallest absolute Gasteiger partial charge is 0.239 e. The highest BCUT2D eigenvalue weighted by Crippen LogP contribution is 2.28. The molecule has 2 amide bonds. The van der Waals surface area contributed by atoms with Gasteiger partial charge in [0.1, 0.15) is 5.92 Å². The van der Waals surface area contributed by atoms with E-state index in [9.17, 15) is 9.59 Å². The second-order valence-corrected chi connectivity index (χ2v) is 6.66. The normalized spacial score (nSPS) is 17.4. The Bertz CT molecular complexity index is 766. The van der Waals surface area contributed by atoms with Gasteiger partial charge >= 0.3 is 0 Å². The molecule has 1 atom stereocenters. The first-order chi connectivity index (χ1) is 11.0. The van der Waals surface area contributed by atoms with Crippen molar-refractivity contribution in [3.63, 3.8) is 0 Å². The van der Waals surface area contributed by atoms with Crippen molar-refractivity contribution in [3.8, 4) is 0 Å². The van der Waals surface area contributed by atoms with Gasteiger partial charge in [-0.15, -0.1) is 0 Å². The van der Waals surface area contributed by atoms with E-state index in [0.29, 0.717) is 23.7 Å². The Kier molecular flexibility index (Phi) is 4.68. The van der Waals surface area contributed by atoms with Crippen LogP contribution in [0.5, 0.6) is 0 Å². The molecule has 1 aliphatic rings. The summed E-state index contributed by atoms with van der Waals surface area (Å²) in [6.07, 6.45) is 0.498. The zero-order chi connectivity index (χ0) is 16.4. The summed E-state index contributed by atoms with van der Waals surface area (Å²) in [5.41, 5.74) is 1.39. The summed E-state index contributed by atoms with van der Waals surface area (Å²) in [5, 5.41) is 3.30. The van der Waals surface area contributed by atoms with Crippen molar-refractivity contribution in [2.45, 2.75) is 6.42 Å². The van der Waals surface area contributed by atoms with Gasteiger partial charge in [0.05, 0.1) is 0 Å². The van der Waals surface area contributed by atoms with Gasteiger partial charge in [0.2, 0.25) is 11.8 Å². The van der Waals surface area contributed by atoms with Crippen LogP contribution in [0.2, 0.25) is 5.02 Å². The first kappa shape index (κ1) is 16.0. The van der Waals surface area contributed by atoms with Crippen molar-refractivity contribution in [1.29, 1.82) is 0 Å². The third-order valence-corrected chi connectivity index (χ3v) is 4.46. The molecular formula is C17H14BrClN2O2. The monoisotopic (exact) mass is 392 g/mol. The number of nitrogens with zero attached hydrogens (tertiary/aromatic N) is 1. The van der Waals surface area contributed by atoms with Crippen LogP contribution in [0, 0.1) is 5.92 Å². The summed E-state index contributed by atoms with van der Waals surface area (Å²) in [6, 6.07) is 14.4. The molecule has 4 nitrogen and oxygen atoms in total. The molecule has 1 fully saturated rings. The predicted molar refractivity (Wildman–Crippen MR) is 94.7 cm³/mol. The summed E-state index contributed by atoms with van der Waals surface area (Å²) in [6.45, 7) is 0.531. The maximum atomic E-state index is 12.5. The van der Waals surface area contributed by atoms with E-state index in [2.05, 4.69) is 21.2 Å². The summed E-state index contributed by atoms with van der Waals surface area (Å²) in [4.78, 5) is 26.6. The van der Waals surface area contributed by atoms with Crippen LogP contribution in [-0.2, 0) is 9.59 Å². The van der Waals surface area contributed by atoms with Gasteiger partial charge in [-0.2, -0.15) is 0 Å². The van der Waals surface area contributed by atoms with Crippen LogP contribution < -0.4 is 10.2 Å². The molecule has 2 aromatic rings. The Morgan fingerprint density at radius 2 is 2.00 bits per heavy atom. The molecule has 2 aromatic carbocycles. The zero-order valence-electron chi connectivity index (χ0n) is 12.1. The van der Waals surface area contributed by atoms with E-state index in [1.165, 1.54) is 0 Å². The van der Waals surface area contributed by atoms with Crippen molar-refractivity contribution in [2.24, 2.45) is 5.92 Å². The molecular weight excluding hydrogens is 380 g/mol. The third kappa shape index (κ3) is 3.57. The summed E-state index contributed by atoms with van der Waals surface area (Å²) < 4.78 is 0.898. The Labute approximate surface area is 147 Å². The standard InChI is InChI=1S/C17H14BrClN2O2/c18-11-3-1-6-14(9-11)21-8-7-15(17(21)23)16(22)20-13-5-2-4-12(19)10-13/h1-6,9-10,15H,7-8H2,(H,20,22). The number of halogens is 2. The molecule has 1 unspecified atom stereocenters. The topological polar surface area (TPSA) is 49.4 Å². The molecule has 0 spiro atoms. The van der Waals surface area contributed by atoms with Gasteiger partial charge in [-0.1, -0.05) is 39.7 Å². The van der Waals surface area contributed by atoms with E-state index in [0.717, 1.165) is 10.2 Å². The van der Waals surface area contributed by atoms with E-state index >= 15 is 0 Å². The van der Waals surface area contributed by atoms with Crippen LogP contribution in [0.25, 0.3) is 0 Å². The number of rotatable bonds is 3. The second-order valence-electron chi connectivity index (χ2n) is 5.31. The molecule has 1 heterocycles. The number of hydrogen-bond acceptors (Lipinski definition) is 2. The zero-order valence-corrected chi connectivity index (χ0v) is 14.5. The largest absolute Gasteiger partial charge is 0.325 e. The molecule has 0 saturated carbocycles. The van der Waals surface area contributed by atoms with Gasteiger partial charge in [-0.25, -0.2) is 0 Å². The van der Waals surface area contributed by atoms with Crippen molar-refractivity contribution in [2.75, 3.05) is 16.8 Å².